The fourth-order valence-electron chi connectivity index (χ4n) is 3.00. The fourth-order valence-corrected chi connectivity index (χ4v) is 3.00. The van der Waals surface area contributed by atoms with E-state index in [2.05, 4.69) is 5.32 Å². The predicted octanol–water partition coefficient (Wildman–Crippen LogP) is 3.94. The van der Waals surface area contributed by atoms with E-state index in [1.807, 2.05) is 31.2 Å². The molecule has 0 aliphatic heterocycles. The van der Waals surface area contributed by atoms with Crippen LogP contribution in [-0.4, -0.2) is 31.8 Å². The standard InChI is InChI=1S/C19H29NO3/c1-2-22-14-15-23-18-13-9-8-12-17(18)19(21)20-16-10-6-4-3-5-7-11-16/h8-9,12-13,16H,2-7,10-11,14-15H2,1H3,(H,20,21). The van der Waals surface area contributed by atoms with Crippen molar-refractivity contribution >= 4 is 5.91 Å². The Labute approximate surface area is 139 Å². The first-order chi connectivity index (χ1) is 11.3. The topological polar surface area (TPSA) is 47.6 Å². The molecule has 1 N–H and O–H groups in total. The first-order valence-corrected chi connectivity index (χ1v) is 8.91. The molecule has 128 valence electrons. The van der Waals surface area contributed by atoms with Gasteiger partial charge in [-0.05, 0) is 31.9 Å². The van der Waals surface area contributed by atoms with E-state index in [4.69, 9.17) is 9.47 Å². The smallest absolute Gasteiger partial charge is 0.255 e. The minimum absolute atomic E-state index is 0.0254. The Bertz CT molecular complexity index is 467. The maximum atomic E-state index is 12.6. The molecule has 0 atom stereocenters. The molecule has 0 spiro atoms. The lowest BCUT2D eigenvalue weighted by molar-refractivity contribution is 0.0915. The average molecular weight is 319 g/mol. The van der Waals surface area contributed by atoms with E-state index in [1.54, 1.807) is 0 Å². The normalized spacial score (nSPS) is 16.4. The van der Waals surface area contributed by atoms with Gasteiger partial charge in [-0.2, -0.15) is 0 Å². The van der Waals surface area contributed by atoms with Crippen molar-refractivity contribution in [3.05, 3.63) is 29.8 Å². The Balaban J connectivity index is 1.92. The Morgan fingerprint density at radius 1 is 1.09 bits per heavy atom. The molecule has 1 saturated carbocycles. The summed E-state index contributed by atoms with van der Waals surface area (Å²) in [6.45, 7) is 3.63. The van der Waals surface area contributed by atoms with Crippen LogP contribution in [0.15, 0.2) is 24.3 Å². The van der Waals surface area contributed by atoms with Crippen LogP contribution in [0.1, 0.15) is 62.2 Å². The predicted molar refractivity (Wildman–Crippen MR) is 92.0 cm³/mol. The maximum Gasteiger partial charge on any atom is 0.255 e. The summed E-state index contributed by atoms with van der Waals surface area (Å²) in [5.41, 5.74) is 0.617. The molecule has 0 aromatic heterocycles. The largest absolute Gasteiger partial charge is 0.490 e. The Morgan fingerprint density at radius 3 is 2.52 bits per heavy atom. The van der Waals surface area contributed by atoms with Crippen molar-refractivity contribution in [2.75, 3.05) is 19.8 Å². The Morgan fingerprint density at radius 2 is 1.78 bits per heavy atom. The van der Waals surface area contributed by atoms with Gasteiger partial charge in [0.1, 0.15) is 12.4 Å². The van der Waals surface area contributed by atoms with Gasteiger partial charge in [-0.3, -0.25) is 4.79 Å². The second-order valence-corrected chi connectivity index (χ2v) is 6.06. The summed E-state index contributed by atoms with van der Waals surface area (Å²) < 4.78 is 11.0. The highest BCUT2D eigenvalue weighted by molar-refractivity contribution is 5.97. The van der Waals surface area contributed by atoms with E-state index >= 15 is 0 Å². The number of hydrogen-bond donors (Lipinski definition) is 1. The van der Waals surface area contributed by atoms with Crippen LogP contribution in [0.5, 0.6) is 5.75 Å². The molecule has 1 aromatic carbocycles. The lowest BCUT2D eigenvalue weighted by atomic mass is 9.96. The van der Waals surface area contributed by atoms with Gasteiger partial charge in [-0.15, -0.1) is 0 Å². The van der Waals surface area contributed by atoms with Crippen LogP contribution >= 0.6 is 0 Å². The van der Waals surface area contributed by atoms with E-state index in [1.165, 1.54) is 32.1 Å². The van der Waals surface area contributed by atoms with Crippen molar-refractivity contribution in [3.63, 3.8) is 0 Å². The number of nitrogens with one attached hydrogen (secondary N) is 1. The monoisotopic (exact) mass is 319 g/mol. The number of para-hydroxylation sites is 1. The molecule has 1 aliphatic rings. The fraction of sp³-hybridized carbons (Fsp3) is 0.632. The number of amides is 1. The SMILES string of the molecule is CCOCCOc1ccccc1C(=O)NC1CCCCCCC1. The summed E-state index contributed by atoms with van der Waals surface area (Å²) in [5.74, 6) is 0.609. The van der Waals surface area contributed by atoms with Crippen LogP contribution in [0.2, 0.25) is 0 Å². The molecule has 23 heavy (non-hydrogen) atoms. The zero-order valence-electron chi connectivity index (χ0n) is 14.2. The number of carbonyl (C=O) groups is 1. The summed E-state index contributed by atoms with van der Waals surface area (Å²) in [6.07, 6.45) is 8.47. The molecule has 1 aromatic rings. The van der Waals surface area contributed by atoms with Crippen LogP contribution < -0.4 is 10.1 Å². The molecule has 1 fully saturated rings. The maximum absolute atomic E-state index is 12.6. The molecule has 4 heteroatoms. The lowest BCUT2D eigenvalue weighted by Gasteiger charge is -2.21. The Kier molecular flexibility index (Phi) is 7.95. The van der Waals surface area contributed by atoms with E-state index in [-0.39, 0.29) is 5.91 Å². The molecule has 0 radical (unpaired) electrons. The van der Waals surface area contributed by atoms with E-state index in [0.717, 1.165) is 12.8 Å². The molecule has 4 nitrogen and oxygen atoms in total. The number of hydrogen-bond acceptors (Lipinski definition) is 3. The quantitative estimate of drug-likeness (QED) is 0.774. The molecule has 0 bridgehead atoms. The minimum Gasteiger partial charge on any atom is -0.490 e. The molecular formula is C19H29NO3. The van der Waals surface area contributed by atoms with Crippen LogP contribution in [-0.2, 0) is 4.74 Å². The van der Waals surface area contributed by atoms with Crippen molar-refractivity contribution < 1.29 is 14.3 Å². The highest BCUT2D eigenvalue weighted by Crippen LogP contribution is 2.20. The summed E-state index contributed by atoms with van der Waals surface area (Å²) in [6, 6.07) is 7.73. The summed E-state index contributed by atoms with van der Waals surface area (Å²) in [4.78, 5) is 12.6. The molecular weight excluding hydrogens is 290 g/mol. The van der Waals surface area contributed by atoms with Gasteiger partial charge in [-0.25, -0.2) is 0 Å². The molecule has 0 saturated heterocycles. The molecule has 2 rings (SSSR count). The van der Waals surface area contributed by atoms with Crippen molar-refractivity contribution in [1.29, 1.82) is 0 Å². The molecule has 0 heterocycles. The molecule has 1 aliphatic carbocycles. The Hall–Kier alpha value is -1.55. The second kappa shape index (κ2) is 10.3. The average Bonchev–Trinajstić information content (AvgIpc) is 2.54. The number of ether oxygens (including phenoxy) is 2. The van der Waals surface area contributed by atoms with Gasteiger partial charge in [0.15, 0.2) is 0 Å². The van der Waals surface area contributed by atoms with Crippen molar-refractivity contribution in [3.8, 4) is 5.75 Å². The van der Waals surface area contributed by atoms with Gasteiger partial charge < -0.3 is 14.8 Å². The summed E-state index contributed by atoms with van der Waals surface area (Å²) >= 11 is 0. The highest BCUT2D eigenvalue weighted by atomic mass is 16.5. The lowest BCUT2D eigenvalue weighted by Crippen LogP contribution is -2.35. The third-order valence-corrected chi connectivity index (χ3v) is 4.26. The number of carbonyl (C=O) groups excluding carboxylic acids is 1. The van der Waals surface area contributed by atoms with Gasteiger partial charge in [-0.1, -0.05) is 44.2 Å². The van der Waals surface area contributed by atoms with E-state index < -0.39 is 0 Å². The van der Waals surface area contributed by atoms with E-state index in [0.29, 0.717) is 37.2 Å². The first-order valence-electron chi connectivity index (χ1n) is 8.91. The zero-order valence-corrected chi connectivity index (χ0v) is 14.2. The summed E-state index contributed by atoms with van der Waals surface area (Å²) in [5, 5.41) is 3.19. The number of rotatable bonds is 7. The van der Waals surface area contributed by atoms with Gasteiger partial charge in [0, 0.05) is 12.6 Å². The van der Waals surface area contributed by atoms with Crippen LogP contribution in [0.4, 0.5) is 0 Å². The minimum atomic E-state index is -0.0254. The molecule has 1 amide bonds. The van der Waals surface area contributed by atoms with Gasteiger partial charge in [0.2, 0.25) is 0 Å². The van der Waals surface area contributed by atoms with Crippen LogP contribution in [0, 0.1) is 0 Å². The van der Waals surface area contributed by atoms with Gasteiger partial charge in [0.25, 0.3) is 5.91 Å². The zero-order chi connectivity index (χ0) is 16.3. The second-order valence-electron chi connectivity index (χ2n) is 6.06. The van der Waals surface area contributed by atoms with Crippen LogP contribution in [0.25, 0.3) is 0 Å². The van der Waals surface area contributed by atoms with Crippen LogP contribution in [0.3, 0.4) is 0 Å². The van der Waals surface area contributed by atoms with Crippen molar-refractivity contribution in [1.82, 2.24) is 5.32 Å². The van der Waals surface area contributed by atoms with Gasteiger partial charge >= 0.3 is 0 Å². The number of benzene rings is 1. The third-order valence-electron chi connectivity index (χ3n) is 4.26. The molecule has 0 unspecified atom stereocenters. The highest BCUT2D eigenvalue weighted by Gasteiger charge is 2.17. The van der Waals surface area contributed by atoms with Crippen molar-refractivity contribution in [2.24, 2.45) is 0 Å². The third kappa shape index (κ3) is 6.22. The first kappa shape index (κ1) is 17.8. The van der Waals surface area contributed by atoms with Crippen molar-refractivity contribution in [2.45, 2.75) is 57.9 Å². The van der Waals surface area contributed by atoms with E-state index in [9.17, 15) is 4.79 Å². The summed E-state index contributed by atoms with van der Waals surface area (Å²) in [7, 11) is 0. The van der Waals surface area contributed by atoms with Gasteiger partial charge in [0.05, 0.1) is 12.2 Å².